The van der Waals surface area contributed by atoms with Crippen molar-refractivity contribution in [3.05, 3.63) is 47.8 Å². The van der Waals surface area contributed by atoms with Crippen LogP contribution in [0.3, 0.4) is 0 Å². The molecular formula is C27H27F3N4O4S. The van der Waals surface area contributed by atoms with Crippen LogP contribution >= 0.6 is 0 Å². The Kier molecular flexibility index (Phi) is 6.29. The maximum absolute atomic E-state index is 14.2. The highest BCUT2D eigenvalue weighted by atomic mass is 32.2. The molecule has 0 spiro atoms. The number of nitrogens with zero attached hydrogens (tertiary/aromatic N) is 3. The van der Waals surface area contributed by atoms with E-state index < -0.39 is 67.1 Å². The Bertz CT molecular complexity index is 1510. The lowest BCUT2D eigenvalue weighted by Gasteiger charge is -2.27. The van der Waals surface area contributed by atoms with E-state index in [2.05, 4.69) is 10.3 Å². The van der Waals surface area contributed by atoms with Crippen molar-refractivity contribution in [3.8, 4) is 17.2 Å². The molecule has 2 saturated carbocycles. The van der Waals surface area contributed by atoms with Gasteiger partial charge in [0.2, 0.25) is 11.8 Å². The molecule has 206 valence electrons. The van der Waals surface area contributed by atoms with Crippen LogP contribution in [0.2, 0.25) is 0 Å². The average Bonchev–Trinajstić information content (AvgIpc) is 3.78. The molecule has 2 heterocycles. The highest BCUT2D eigenvalue weighted by Crippen LogP contribution is 2.48. The fourth-order valence-electron chi connectivity index (χ4n) is 5.04. The predicted octanol–water partition coefficient (Wildman–Crippen LogP) is 3.79. The number of sulfone groups is 1. The number of carbonyl (C=O) groups is 2. The second kappa shape index (κ2) is 9.05. The first kappa shape index (κ1) is 27.1. The van der Waals surface area contributed by atoms with Crippen LogP contribution in [-0.2, 0) is 25.6 Å². The number of aryl methyl sites for hydroxylation is 1. The molecule has 2 aromatic rings. The summed E-state index contributed by atoms with van der Waals surface area (Å²) in [5, 5.41) is 10.6. The first-order chi connectivity index (χ1) is 18.2. The first-order valence-electron chi connectivity index (χ1n) is 12.6. The van der Waals surface area contributed by atoms with Gasteiger partial charge >= 0.3 is 6.18 Å². The van der Waals surface area contributed by atoms with Crippen molar-refractivity contribution in [2.75, 3.05) is 6.54 Å². The molecule has 2 amide bonds. The molecule has 1 saturated heterocycles. The fourth-order valence-corrected chi connectivity index (χ4v) is 6.93. The monoisotopic (exact) mass is 560 g/mol. The summed E-state index contributed by atoms with van der Waals surface area (Å²) in [4.78, 5) is 30.7. The van der Waals surface area contributed by atoms with Gasteiger partial charge in [0.15, 0.2) is 9.84 Å². The molecule has 1 aromatic carbocycles. The molecule has 0 radical (unpaired) electrons. The molecule has 3 aliphatic rings. The van der Waals surface area contributed by atoms with E-state index in [0.29, 0.717) is 36.9 Å². The Morgan fingerprint density at radius 2 is 1.79 bits per heavy atom. The number of nitriles is 1. The van der Waals surface area contributed by atoms with Gasteiger partial charge in [-0.1, -0.05) is 13.0 Å². The van der Waals surface area contributed by atoms with E-state index in [1.165, 1.54) is 23.2 Å². The van der Waals surface area contributed by atoms with Crippen molar-refractivity contribution in [2.45, 2.75) is 73.9 Å². The van der Waals surface area contributed by atoms with Crippen LogP contribution in [0.5, 0.6) is 0 Å². The van der Waals surface area contributed by atoms with E-state index in [0.717, 1.165) is 12.1 Å². The van der Waals surface area contributed by atoms with E-state index in [1.54, 1.807) is 19.9 Å². The van der Waals surface area contributed by atoms with Gasteiger partial charge in [0.1, 0.15) is 11.6 Å². The topological polar surface area (TPSA) is 120 Å². The standard InChI is InChI=1S/C27H27F3N4O4S/c1-16-11-18(5-10-32-16)17-3-4-22(20(12-17)27(28,29)30)39(37,38)19-13-21(23(35)33-26(15-31)8-9-26)34(14-19)24(36)25(2)6-7-25/h3-5,10-12,19,21H,6-9,13-14H2,1-2H3,(H,33,35). The van der Waals surface area contributed by atoms with Crippen molar-refractivity contribution in [3.63, 3.8) is 0 Å². The molecule has 3 fully saturated rings. The highest BCUT2D eigenvalue weighted by molar-refractivity contribution is 7.92. The molecule has 1 N–H and O–H groups in total. The van der Waals surface area contributed by atoms with Crippen LogP contribution in [0.1, 0.15) is 50.3 Å². The van der Waals surface area contributed by atoms with E-state index in [-0.39, 0.29) is 12.0 Å². The molecule has 2 atom stereocenters. The van der Waals surface area contributed by atoms with Gasteiger partial charge < -0.3 is 10.2 Å². The van der Waals surface area contributed by atoms with Gasteiger partial charge in [0, 0.05) is 23.9 Å². The van der Waals surface area contributed by atoms with E-state index >= 15 is 0 Å². The van der Waals surface area contributed by atoms with Crippen LogP contribution in [0.15, 0.2) is 41.4 Å². The normalized spacial score (nSPS) is 23.1. The Balaban J connectivity index is 1.51. The lowest BCUT2D eigenvalue weighted by molar-refractivity contribution is -0.142. The van der Waals surface area contributed by atoms with Crippen molar-refractivity contribution >= 4 is 21.7 Å². The summed E-state index contributed by atoms with van der Waals surface area (Å²) in [7, 11) is -4.62. The number of pyridine rings is 1. The minimum Gasteiger partial charge on any atom is -0.336 e. The van der Waals surface area contributed by atoms with Crippen LogP contribution in [-0.4, -0.2) is 53.5 Å². The Labute approximate surface area is 224 Å². The lowest BCUT2D eigenvalue weighted by atomic mass is 10.0. The molecule has 12 heteroatoms. The number of hydrogen-bond donors (Lipinski definition) is 1. The molecule has 1 aliphatic heterocycles. The van der Waals surface area contributed by atoms with E-state index in [1.807, 2.05) is 6.07 Å². The van der Waals surface area contributed by atoms with Gasteiger partial charge in [-0.25, -0.2) is 8.42 Å². The zero-order valence-electron chi connectivity index (χ0n) is 21.4. The van der Waals surface area contributed by atoms with Gasteiger partial charge in [-0.3, -0.25) is 14.6 Å². The number of halogens is 3. The Morgan fingerprint density at radius 1 is 1.13 bits per heavy atom. The van der Waals surface area contributed by atoms with Crippen LogP contribution in [0.4, 0.5) is 13.2 Å². The molecule has 5 rings (SSSR count). The smallest absolute Gasteiger partial charge is 0.336 e. The quantitative estimate of drug-likeness (QED) is 0.574. The number of amides is 2. The summed E-state index contributed by atoms with van der Waals surface area (Å²) >= 11 is 0. The van der Waals surface area contributed by atoms with Gasteiger partial charge in [-0.2, -0.15) is 18.4 Å². The lowest BCUT2D eigenvalue weighted by Crippen LogP contribution is -2.50. The third kappa shape index (κ3) is 5.00. The van der Waals surface area contributed by atoms with Crippen molar-refractivity contribution in [2.24, 2.45) is 5.41 Å². The zero-order valence-corrected chi connectivity index (χ0v) is 22.2. The van der Waals surface area contributed by atoms with Gasteiger partial charge in [0.05, 0.1) is 21.8 Å². The van der Waals surface area contributed by atoms with Crippen molar-refractivity contribution < 1.29 is 31.2 Å². The minimum atomic E-state index is -4.97. The Morgan fingerprint density at radius 3 is 2.36 bits per heavy atom. The number of nitrogens with one attached hydrogen (secondary N) is 1. The minimum absolute atomic E-state index is 0.181. The van der Waals surface area contributed by atoms with Crippen LogP contribution < -0.4 is 5.32 Å². The number of alkyl halides is 3. The summed E-state index contributed by atoms with van der Waals surface area (Å²) in [6, 6.07) is 7.02. The van der Waals surface area contributed by atoms with Crippen molar-refractivity contribution in [1.82, 2.24) is 15.2 Å². The third-order valence-corrected chi connectivity index (χ3v) is 10.1. The fraction of sp³-hybridized carbons (Fsp3) is 0.481. The van der Waals surface area contributed by atoms with E-state index in [9.17, 15) is 36.4 Å². The van der Waals surface area contributed by atoms with Gasteiger partial charge in [0.25, 0.3) is 0 Å². The van der Waals surface area contributed by atoms with Crippen LogP contribution in [0.25, 0.3) is 11.1 Å². The second-order valence-electron chi connectivity index (χ2n) is 11.0. The summed E-state index contributed by atoms with van der Waals surface area (Å²) in [5.41, 5.74) is -1.86. The second-order valence-corrected chi connectivity index (χ2v) is 13.2. The molecule has 1 aromatic heterocycles. The van der Waals surface area contributed by atoms with Gasteiger partial charge in [-0.15, -0.1) is 0 Å². The first-order valence-corrected chi connectivity index (χ1v) is 14.2. The molecule has 2 unspecified atom stereocenters. The number of carbonyl (C=O) groups excluding carboxylic acids is 2. The third-order valence-electron chi connectivity index (χ3n) is 7.93. The zero-order chi connectivity index (χ0) is 28.4. The maximum atomic E-state index is 14.2. The SMILES string of the molecule is Cc1cc(-c2ccc(S(=O)(=O)C3CC(C(=O)NC4(C#N)CC4)N(C(=O)C4(C)CC4)C3)c(C(F)(F)F)c2)ccn1. The largest absolute Gasteiger partial charge is 0.417 e. The van der Waals surface area contributed by atoms with Crippen molar-refractivity contribution in [1.29, 1.82) is 5.26 Å². The molecule has 2 aliphatic carbocycles. The number of hydrogen-bond acceptors (Lipinski definition) is 6. The summed E-state index contributed by atoms with van der Waals surface area (Å²) < 4.78 is 70.1. The average molecular weight is 561 g/mol. The highest BCUT2D eigenvalue weighted by Gasteiger charge is 2.55. The molecule has 8 nitrogen and oxygen atoms in total. The molecule has 0 bridgehead atoms. The maximum Gasteiger partial charge on any atom is 0.417 e. The summed E-state index contributed by atoms with van der Waals surface area (Å²) in [6.45, 7) is 3.00. The number of aromatic nitrogens is 1. The number of rotatable bonds is 6. The molecule has 39 heavy (non-hydrogen) atoms. The Hall–Kier alpha value is -3.46. The summed E-state index contributed by atoms with van der Waals surface area (Å²) in [6.07, 6.45) is -1.86. The number of benzene rings is 1. The van der Waals surface area contributed by atoms with Crippen LogP contribution in [0, 0.1) is 23.7 Å². The number of likely N-dealkylation sites (tertiary alicyclic amines) is 1. The molecular weight excluding hydrogens is 533 g/mol. The van der Waals surface area contributed by atoms with Gasteiger partial charge in [-0.05, 0) is 74.4 Å². The predicted molar refractivity (Wildman–Crippen MR) is 134 cm³/mol. The summed E-state index contributed by atoms with van der Waals surface area (Å²) in [5.74, 6) is -1.06. The van der Waals surface area contributed by atoms with E-state index in [4.69, 9.17) is 0 Å².